The molecule has 0 aliphatic rings. The molecule has 0 atom stereocenters. The number of aromatic nitrogens is 2. The number of nitrogens with one attached hydrogen (secondary N) is 1. The SMILES string of the molecule is Cn1cnc(C(=O)Nc2cccc3c(=O)cc(-c4ccccc4C(F)(F)F)oc23)c1. The van der Waals surface area contributed by atoms with E-state index in [2.05, 4.69) is 10.3 Å². The average Bonchev–Trinajstić information content (AvgIpc) is 3.14. The van der Waals surface area contributed by atoms with Crippen LogP contribution in [0, 0.1) is 0 Å². The monoisotopic (exact) mass is 413 g/mol. The summed E-state index contributed by atoms with van der Waals surface area (Å²) in [7, 11) is 1.70. The van der Waals surface area contributed by atoms with Crippen LogP contribution in [0.1, 0.15) is 16.1 Å². The maximum atomic E-state index is 13.4. The number of para-hydroxylation sites is 1. The lowest BCUT2D eigenvalue weighted by atomic mass is 10.0. The number of imidazole rings is 1. The molecule has 2 aromatic heterocycles. The summed E-state index contributed by atoms with van der Waals surface area (Å²) >= 11 is 0. The van der Waals surface area contributed by atoms with E-state index in [0.717, 1.165) is 12.1 Å². The van der Waals surface area contributed by atoms with Crippen molar-refractivity contribution in [3.05, 3.63) is 82.5 Å². The van der Waals surface area contributed by atoms with Gasteiger partial charge >= 0.3 is 6.18 Å². The Balaban J connectivity index is 1.85. The second-order valence-electron chi connectivity index (χ2n) is 6.58. The van der Waals surface area contributed by atoms with Crippen LogP contribution in [-0.4, -0.2) is 15.5 Å². The highest BCUT2D eigenvalue weighted by Crippen LogP contribution is 2.37. The Labute approximate surface area is 167 Å². The first-order valence-electron chi connectivity index (χ1n) is 8.77. The summed E-state index contributed by atoms with van der Waals surface area (Å²) in [5.41, 5.74) is -1.47. The second-order valence-corrected chi connectivity index (χ2v) is 6.58. The van der Waals surface area contributed by atoms with E-state index in [0.29, 0.717) is 0 Å². The van der Waals surface area contributed by atoms with Crippen molar-refractivity contribution in [2.75, 3.05) is 5.32 Å². The fourth-order valence-corrected chi connectivity index (χ4v) is 3.07. The van der Waals surface area contributed by atoms with E-state index in [9.17, 15) is 22.8 Å². The van der Waals surface area contributed by atoms with Crippen molar-refractivity contribution in [3.63, 3.8) is 0 Å². The molecule has 4 aromatic rings. The lowest BCUT2D eigenvalue weighted by molar-refractivity contribution is -0.137. The molecule has 0 aliphatic carbocycles. The lowest BCUT2D eigenvalue weighted by Crippen LogP contribution is -2.13. The minimum absolute atomic E-state index is 0.0266. The van der Waals surface area contributed by atoms with Crippen LogP contribution in [0.3, 0.4) is 0 Å². The molecular weight excluding hydrogens is 399 g/mol. The molecule has 0 bridgehead atoms. The van der Waals surface area contributed by atoms with Gasteiger partial charge in [-0.15, -0.1) is 0 Å². The summed E-state index contributed by atoms with van der Waals surface area (Å²) in [6.45, 7) is 0. The Morgan fingerprint density at radius 3 is 2.60 bits per heavy atom. The van der Waals surface area contributed by atoms with Crippen LogP contribution < -0.4 is 10.7 Å². The molecule has 152 valence electrons. The van der Waals surface area contributed by atoms with E-state index in [1.807, 2.05) is 0 Å². The van der Waals surface area contributed by atoms with Gasteiger partial charge in [0.15, 0.2) is 11.0 Å². The number of nitrogens with zero attached hydrogens (tertiary/aromatic N) is 2. The van der Waals surface area contributed by atoms with Crippen LogP contribution >= 0.6 is 0 Å². The zero-order valence-electron chi connectivity index (χ0n) is 15.5. The van der Waals surface area contributed by atoms with Crippen LogP contribution in [0.2, 0.25) is 0 Å². The minimum Gasteiger partial charge on any atom is -0.454 e. The predicted octanol–water partition coefficient (Wildman–Crippen LogP) is 4.46. The van der Waals surface area contributed by atoms with Crippen molar-refractivity contribution in [2.45, 2.75) is 6.18 Å². The van der Waals surface area contributed by atoms with E-state index in [1.165, 1.54) is 48.9 Å². The molecule has 2 heterocycles. The highest BCUT2D eigenvalue weighted by atomic mass is 19.4. The third-order valence-corrected chi connectivity index (χ3v) is 4.44. The van der Waals surface area contributed by atoms with Crippen LogP contribution in [0.15, 0.2) is 70.3 Å². The van der Waals surface area contributed by atoms with Crippen molar-refractivity contribution in [1.29, 1.82) is 0 Å². The molecule has 2 aromatic carbocycles. The Morgan fingerprint density at radius 2 is 1.90 bits per heavy atom. The summed E-state index contributed by atoms with van der Waals surface area (Å²) < 4.78 is 47.5. The van der Waals surface area contributed by atoms with Gasteiger partial charge < -0.3 is 14.3 Å². The highest BCUT2D eigenvalue weighted by Gasteiger charge is 2.34. The Morgan fingerprint density at radius 1 is 1.13 bits per heavy atom. The van der Waals surface area contributed by atoms with Gasteiger partial charge in [-0.25, -0.2) is 4.98 Å². The summed E-state index contributed by atoms with van der Waals surface area (Å²) in [5.74, 6) is -0.799. The number of fused-ring (bicyclic) bond motifs is 1. The largest absolute Gasteiger partial charge is 0.454 e. The summed E-state index contributed by atoms with van der Waals surface area (Å²) in [6.07, 6.45) is -1.68. The Hall–Kier alpha value is -3.88. The average molecular weight is 413 g/mol. The van der Waals surface area contributed by atoms with Gasteiger partial charge in [-0.2, -0.15) is 13.2 Å². The molecule has 6 nitrogen and oxygen atoms in total. The van der Waals surface area contributed by atoms with Crippen LogP contribution in [0.25, 0.3) is 22.3 Å². The Bertz CT molecular complexity index is 1320. The molecule has 0 unspecified atom stereocenters. The lowest BCUT2D eigenvalue weighted by Gasteiger charge is -2.13. The molecule has 0 saturated heterocycles. The van der Waals surface area contributed by atoms with Crippen LogP contribution in [0.5, 0.6) is 0 Å². The molecule has 0 radical (unpaired) electrons. The number of hydrogen-bond donors (Lipinski definition) is 1. The van der Waals surface area contributed by atoms with Gasteiger partial charge in [0.2, 0.25) is 0 Å². The van der Waals surface area contributed by atoms with E-state index >= 15 is 0 Å². The smallest absolute Gasteiger partial charge is 0.417 e. The number of halogens is 3. The van der Waals surface area contributed by atoms with Crippen LogP contribution in [0.4, 0.5) is 18.9 Å². The zero-order chi connectivity index (χ0) is 21.5. The first kappa shape index (κ1) is 19.4. The summed E-state index contributed by atoms with van der Waals surface area (Å²) in [5, 5.41) is 2.72. The maximum absolute atomic E-state index is 13.4. The molecule has 0 saturated carbocycles. The minimum atomic E-state index is -4.63. The van der Waals surface area contributed by atoms with Crippen molar-refractivity contribution >= 4 is 22.6 Å². The number of carbonyl (C=O) groups is 1. The second kappa shape index (κ2) is 7.18. The third-order valence-electron chi connectivity index (χ3n) is 4.44. The standard InChI is InChI=1S/C21H14F3N3O3/c1-27-10-16(25-11-27)20(29)26-15-8-4-6-13-17(28)9-18(30-19(13)15)12-5-2-3-7-14(12)21(22,23)24/h2-11H,1H3,(H,26,29). The number of benzene rings is 2. The highest BCUT2D eigenvalue weighted by molar-refractivity contribution is 6.06. The molecule has 30 heavy (non-hydrogen) atoms. The summed E-state index contributed by atoms with van der Waals surface area (Å²) in [6, 6.07) is 10.3. The van der Waals surface area contributed by atoms with Gasteiger partial charge in [-0.3, -0.25) is 9.59 Å². The zero-order valence-corrected chi connectivity index (χ0v) is 15.5. The van der Waals surface area contributed by atoms with Gasteiger partial charge in [0, 0.05) is 24.9 Å². The van der Waals surface area contributed by atoms with Crippen molar-refractivity contribution in [1.82, 2.24) is 9.55 Å². The quantitative estimate of drug-likeness (QED) is 0.538. The molecule has 1 N–H and O–H groups in total. The van der Waals surface area contributed by atoms with Crippen LogP contribution in [-0.2, 0) is 13.2 Å². The van der Waals surface area contributed by atoms with E-state index in [4.69, 9.17) is 4.42 Å². The fraction of sp³-hybridized carbons (Fsp3) is 0.0952. The van der Waals surface area contributed by atoms with Gasteiger partial charge in [-0.1, -0.05) is 24.3 Å². The molecule has 0 fully saturated rings. The normalized spacial score (nSPS) is 11.6. The van der Waals surface area contributed by atoms with E-state index in [-0.39, 0.29) is 33.7 Å². The molecule has 9 heteroatoms. The number of aryl methyl sites for hydroxylation is 1. The number of hydrogen-bond acceptors (Lipinski definition) is 4. The van der Waals surface area contributed by atoms with Gasteiger partial charge in [-0.05, 0) is 18.2 Å². The van der Waals surface area contributed by atoms with Crippen molar-refractivity contribution in [3.8, 4) is 11.3 Å². The topological polar surface area (TPSA) is 77.1 Å². The van der Waals surface area contributed by atoms with Gasteiger partial charge in [0.25, 0.3) is 5.91 Å². The molecular formula is C21H14F3N3O3. The van der Waals surface area contributed by atoms with Gasteiger partial charge in [0.1, 0.15) is 11.5 Å². The number of carbonyl (C=O) groups excluding carboxylic acids is 1. The van der Waals surface area contributed by atoms with Crippen molar-refractivity contribution in [2.24, 2.45) is 7.05 Å². The third kappa shape index (κ3) is 3.57. The van der Waals surface area contributed by atoms with Crippen molar-refractivity contribution < 1.29 is 22.4 Å². The van der Waals surface area contributed by atoms with Gasteiger partial charge in [0.05, 0.1) is 23.0 Å². The number of amides is 1. The van der Waals surface area contributed by atoms with E-state index in [1.54, 1.807) is 11.6 Å². The molecule has 0 spiro atoms. The van der Waals surface area contributed by atoms with E-state index < -0.39 is 23.1 Å². The Kier molecular flexibility index (Phi) is 4.65. The first-order chi connectivity index (χ1) is 14.2. The maximum Gasteiger partial charge on any atom is 0.417 e. The molecule has 4 rings (SSSR count). The predicted molar refractivity (Wildman–Crippen MR) is 104 cm³/mol. The summed E-state index contributed by atoms with van der Waals surface area (Å²) in [4.78, 5) is 29.0. The fourth-order valence-electron chi connectivity index (χ4n) is 3.07. The first-order valence-corrected chi connectivity index (χ1v) is 8.77. The molecule has 1 amide bonds. The molecule has 0 aliphatic heterocycles. The number of rotatable bonds is 3. The number of anilines is 1. The number of alkyl halides is 3.